The van der Waals surface area contributed by atoms with Gasteiger partial charge >= 0.3 is 0 Å². The van der Waals surface area contributed by atoms with E-state index in [2.05, 4.69) is 87.7 Å². The molecular formula is C38H47F2N5O2. The molecule has 3 aromatic rings. The van der Waals surface area contributed by atoms with Crippen LogP contribution in [0.2, 0.25) is 0 Å². The highest BCUT2D eigenvalue weighted by atomic mass is 19.1. The highest BCUT2D eigenvalue weighted by Gasteiger charge is 2.32. The summed E-state index contributed by atoms with van der Waals surface area (Å²) in [5, 5.41) is 2.27. The van der Waals surface area contributed by atoms with Gasteiger partial charge < -0.3 is 9.80 Å². The number of amides is 2. The Bertz CT molecular complexity index is 1430. The first-order valence-corrected chi connectivity index (χ1v) is 17.2. The Morgan fingerprint density at radius 3 is 1.87 bits per heavy atom. The Balaban J connectivity index is 0.967. The highest BCUT2D eigenvalue weighted by molar-refractivity contribution is 6.01. The van der Waals surface area contributed by atoms with Gasteiger partial charge in [-0.2, -0.15) is 0 Å². The number of nitrogens with zero attached hydrogens (tertiary/aromatic N) is 4. The molecule has 1 saturated carbocycles. The Hall–Kier alpha value is -3.66. The van der Waals surface area contributed by atoms with Gasteiger partial charge in [0.25, 0.3) is 0 Å². The number of piperidine rings is 1. The van der Waals surface area contributed by atoms with E-state index < -0.39 is 23.5 Å². The standard InChI is InChI=1S/C38H47F2N5O2/c1-42(31-12-14-32(15-13-31)45(26-28-8-4-2-5-9-28)27-29-10-6-3-7-11-29)18-19-43-20-22-44(23-21-43)37-34(39)24-30(25-35(37)40)33-16-17-36(46)41-38(33)47/h2-11,24-25,31-33H,12-23,26-27H2,1H3,(H,41,46,47). The van der Waals surface area contributed by atoms with Gasteiger partial charge in [-0.05, 0) is 68.0 Å². The molecule has 250 valence electrons. The monoisotopic (exact) mass is 643 g/mol. The van der Waals surface area contributed by atoms with Crippen molar-refractivity contribution in [1.29, 1.82) is 0 Å². The summed E-state index contributed by atoms with van der Waals surface area (Å²) in [6.45, 7) is 6.38. The molecule has 3 aliphatic rings. The van der Waals surface area contributed by atoms with Crippen molar-refractivity contribution in [3.63, 3.8) is 0 Å². The zero-order chi connectivity index (χ0) is 32.8. The Morgan fingerprint density at radius 2 is 1.32 bits per heavy atom. The van der Waals surface area contributed by atoms with Crippen molar-refractivity contribution in [3.05, 3.63) is 101 Å². The number of imide groups is 1. The second kappa shape index (κ2) is 15.5. The third-order valence-corrected chi connectivity index (χ3v) is 10.4. The maximum Gasteiger partial charge on any atom is 0.234 e. The maximum atomic E-state index is 15.2. The maximum absolute atomic E-state index is 15.2. The van der Waals surface area contributed by atoms with E-state index in [1.807, 2.05) is 0 Å². The van der Waals surface area contributed by atoms with E-state index in [9.17, 15) is 9.59 Å². The smallest absolute Gasteiger partial charge is 0.234 e. The summed E-state index contributed by atoms with van der Waals surface area (Å²) in [5.74, 6) is -2.86. The zero-order valence-electron chi connectivity index (χ0n) is 27.4. The van der Waals surface area contributed by atoms with Gasteiger partial charge in [0.1, 0.15) is 17.3 Å². The molecule has 0 aromatic heterocycles. The fraction of sp³-hybridized carbons (Fsp3) is 0.474. The number of halogens is 2. The summed E-state index contributed by atoms with van der Waals surface area (Å²) in [6.07, 6.45) is 5.17. The number of carbonyl (C=O) groups is 2. The second-order valence-corrected chi connectivity index (χ2v) is 13.5. The lowest BCUT2D eigenvalue weighted by Crippen LogP contribution is -2.50. The second-order valence-electron chi connectivity index (χ2n) is 13.5. The molecule has 1 atom stereocenters. The molecule has 2 heterocycles. The Morgan fingerprint density at radius 1 is 0.766 bits per heavy atom. The molecule has 7 nitrogen and oxygen atoms in total. The van der Waals surface area contributed by atoms with Crippen LogP contribution in [0.5, 0.6) is 0 Å². The lowest BCUT2D eigenvalue weighted by molar-refractivity contribution is -0.134. The van der Waals surface area contributed by atoms with Crippen LogP contribution in [0.1, 0.15) is 61.1 Å². The fourth-order valence-electron chi connectivity index (χ4n) is 7.59. The Labute approximate surface area is 277 Å². The van der Waals surface area contributed by atoms with Crippen molar-refractivity contribution in [2.45, 2.75) is 69.6 Å². The molecule has 2 saturated heterocycles. The molecule has 9 heteroatoms. The van der Waals surface area contributed by atoms with E-state index in [4.69, 9.17) is 0 Å². The van der Waals surface area contributed by atoms with Crippen LogP contribution >= 0.6 is 0 Å². The van der Waals surface area contributed by atoms with Gasteiger partial charge in [0.05, 0.1) is 5.92 Å². The largest absolute Gasteiger partial charge is 0.364 e. The molecule has 3 fully saturated rings. The minimum absolute atomic E-state index is 0.0249. The van der Waals surface area contributed by atoms with Crippen LogP contribution in [-0.2, 0) is 22.7 Å². The zero-order valence-corrected chi connectivity index (χ0v) is 27.4. The first-order chi connectivity index (χ1) is 22.8. The molecule has 0 spiro atoms. The summed E-state index contributed by atoms with van der Waals surface area (Å²) < 4.78 is 30.4. The van der Waals surface area contributed by atoms with Gasteiger partial charge in [0.15, 0.2) is 0 Å². The van der Waals surface area contributed by atoms with Gasteiger partial charge in [-0.3, -0.25) is 24.7 Å². The third kappa shape index (κ3) is 8.44. The summed E-state index contributed by atoms with van der Waals surface area (Å²) in [5.41, 5.74) is 2.97. The van der Waals surface area contributed by atoms with Crippen LogP contribution in [-0.4, -0.2) is 84.9 Å². The number of rotatable bonds is 11. The number of anilines is 1. The summed E-state index contributed by atoms with van der Waals surface area (Å²) >= 11 is 0. The van der Waals surface area contributed by atoms with Crippen LogP contribution in [0.3, 0.4) is 0 Å². The molecule has 47 heavy (non-hydrogen) atoms. The van der Waals surface area contributed by atoms with Crippen molar-refractivity contribution < 1.29 is 18.4 Å². The van der Waals surface area contributed by atoms with Crippen molar-refractivity contribution in [3.8, 4) is 0 Å². The molecule has 1 unspecified atom stereocenters. The number of hydrogen-bond donors (Lipinski definition) is 1. The molecule has 1 N–H and O–H groups in total. The predicted molar refractivity (Wildman–Crippen MR) is 181 cm³/mol. The average Bonchev–Trinajstić information content (AvgIpc) is 3.08. The number of benzene rings is 3. The topological polar surface area (TPSA) is 59.1 Å². The quantitative estimate of drug-likeness (QED) is 0.277. The molecule has 3 aromatic carbocycles. The van der Waals surface area contributed by atoms with Crippen molar-refractivity contribution in [2.24, 2.45) is 0 Å². The summed E-state index contributed by atoms with van der Waals surface area (Å²) in [4.78, 5) is 33.0. The van der Waals surface area contributed by atoms with Crippen LogP contribution < -0.4 is 10.2 Å². The number of hydrogen-bond acceptors (Lipinski definition) is 6. The van der Waals surface area contributed by atoms with Crippen molar-refractivity contribution >= 4 is 17.5 Å². The van der Waals surface area contributed by atoms with Crippen LogP contribution in [0.15, 0.2) is 72.8 Å². The van der Waals surface area contributed by atoms with Gasteiger partial charge in [0.2, 0.25) is 11.8 Å². The average molecular weight is 644 g/mol. The first-order valence-electron chi connectivity index (χ1n) is 17.2. The van der Waals surface area contributed by atoms with E-state index in [-0.39, 0.29) is 30.0 Å². The highest BCUT2D eigenvalue weighted by Crippen LogP contribution is 2.32. The number of nitrogens with one attached hydrogen (secondary N) is 1. The number of carbonyl (C=O) groups excluding carboxylic acids is 2. The van der Waals surface area contributed by atoms with Crippen molar-refractivity contribution in [1.82, 2.24) is 20.0 Å². The minimum atomic E-state index is -0.711. The third-order valence-electron chi connectivity index (χ3n) is 10.4. The summed E-state index contributed by atoms with van der Waals surface area (Å²) in [6, 6.07) is 25.2. The van der Waals surface area contributed by atoms with Gasteiger partial charge in [-0.15, -0.1) is 0 Å². The first kappa shape index (κ1) is 33.2. The molecule has 1 aliphatic carbocycles. The fourth-order valence-corrected chi connectivity index (χ4v) is 7.59. The van der Waals surface area contributed by atoms with Gasteiger partial charge in [-0.25, -0.2) is 8.78 Å². The van der Waals surface area contributed by atoms with Gasteiger partial charge in [0, 0.05) is 70.9 Å². The van der Waals surface area contributed by atoms with E-state index >= 15 is 8.78 Å². The van der Waals surface area contributed by atoms with Crippen LogP contribution in [0, 0.1) is 11.6 Å². The predicted octanol–water partition coefficient (Wildman–Crippen LogP) is 5.55. The minimum Gasteiger partial charge on any atom is -0.364 e. The number of piperazine rings is 1. The molecule has 2 aliphatic heterocycles. The van der Waals surface area contributed by atoms with Crippen molar-refractivity contribution in [2.75, 3.05) is 51.2 Å². The molecule has 2 amide bonds. The molecule has 0 bridgehead atoms. The SMILES string of the molecule is CN(CCN1CCN(c2c(F)cc(C3CCC(=O)NC3=O)cc2F)CC1)C1CCC(N(Cc2ccccc2)Cc2ccccc2)CC1. The van der Waals surface area contributed by atoms with E-state index in [1.54, 1.807) is 4.90 Å². The normalized spacial score (nSPS) is 22.6. The lowest BCUT2D eigenvalue weighted by atomic mass is 9.88. The van der Waals surface area contributed by atoms with E-state index in [0.717, 1.165) is 39.3 Å². The molecular weight excluding hydrogens is 596 g/mol. The molecule has 6 rings (SSSR count). The van der Waals surface area contributed by atoms with Crippen LogP contribution in [0.25, 0.3) is 0 Å². The van der Waals surface area contributed by atoms with Gasteiger partial charge in [-0.1, -0.05) is 60.7 Å². The van der Waals surface area contributed by atoms with Crippen LogP contribution in [0.4, 0.5) is 14.5 Å². The van der Waals surface area contributed by atoms with E-state index in [0.29, 0.717) is 25.2 Å². The van der Waals surface area contributed by atoms with E-state index in [1.165, 1.54) is 48.9 Å². The Kier molecular flexibility index (Phi) is 11.0. The summed E-state index contributed by atoms with van der Waals surface area (Å²) in [7, 11) is 2.24. The lowest BCUT2D eigenvalue weighted by Gasteiger charge is -2.41. The number of likely N-dealkylation sites (N-methyl/N-ethyl adjacent to an activating group) is 1. The molecule has 0 radical (unpaired) electrons.